The molecule has 1 aliphatic heterocycles. The van der Waals surface area contributed by atoms with Crippen molar-refractivity contribution in [3.8, 4) is 0 Å². The van der Waals surface area contributed by atoms with Crippen molar-refractivity contribution in [3.63, 3.8) is 0 Å². The summed E-state index contributed by atoms with van der Waals surface area (Å²) in [7, 11) is 0. The summed E-state index contributed by atoms with van der Waals surface area (Å²) in [6, 6.07) is 12.3. The molecule has 0 amide bonds. The van der Waals surface area contributed by atoms with Crippen molar-refractivity contribution >= 4 is 40.7 Å². The minimum Gasteiger partial charge on any atom is -0.350 e. The first kappa shape index (κ1) is 20.9. The van der Waals surface area contributed by atoms with Crippen LogP contribution in [0.2, 0.25) is 5.02 Å². The molecule has 4 rings (SSSR count). The molecular weight excluding hydrogens is 414 g/mol. The van der Waals surface area contributed by atoms with E-state index in [0.717, 1.165) is 46.7 Å². The Kier molecular flexibility index (Phi) is 5.89. The molecule has 0 aliphatic carbocycles. The molecule has 0 saturated carbocycles. The summed E-state index contributed by atoms with van der Waals surface area (Å²) < 4.78 is 0. The van der Waals surface area contributed by atoms with Crippen molar-refractivity contribution in [2.45, 2.75) is 44.3 Å². The van der Waals surface area contributed by atoms with Crippen LogP contribution in [0, 0.1) is 0 Å². The quantitative estimate of drug-likeness (QED) is 0.406. The standard InChI is InChI=1S/C23H26ClN5S/c1-23(2,3)15-7-9-16(10-8-15)26-20-17-14-29(21-18(24)6-5-12-25-21)13-11-19(17)27-22(28-20)30-4/h5-10,12H,11,13-14H2,1-4H3,(H,26,27,28). The zero-order valence-electron chi connectivity index (χ0n) is 17.7. The van der Waals surface area contributed by atoms with Crippen LogP contribution in [0.15, 0.2) is 47.8 Å². The van der Waals surface area contributed by atoms with Gasteiger partial charge in [-0.15, -0.1) is 0 Å². The lowest BCUT2D eigenvalue weighted by molar-refractivity contribution is 0.590. The molecule has 1 N–H and O–H groups in total. The van der Waals surface area contributed by atoms with Gasteiger partial charge in [0.15, 0.2) is 5.16 Å². The fraction of sp³-hybridized carbons (Fsp3) is 0.348. The molecule has 0 bridgehead atoms. The lowest BCUT2D eigenvalue weighted by atomic mass is 9.87. The third-order valence-corrected chi connectivity index (χ3v) is 6.12. The van der Waals surface area contributed by atoms with Gasteiger partial charge in [0.2, 0.25) is 0 Å². The number of anilines is 3. The number of hydrogen-bond donors (Lipinski definition) is 1. The minimum atomic E-state index is 0.126. The Bertz CT molecular complexity index is 1050. The molecule has 1 aliphatic rings. The number of pyridine rings is 1. The van der Waals surface area contributed by atoms with E-state index in [2.05, 4.69) is 60.2 Å². The molecule has 0 unspecified atom stereocenters. The SMILES string of the molecule is CSc1nc2c(c(Nc3ccc(C(C)(C)C)cc3)n1)CN(c1ncccc1Cl)CC2. The van der Waals surface area contributed by atoms with E-state index in [1.165, 1.54) is 5.56 Å². The second-order valence-electron chi connectivity index (χ2n) is 8.42. The Balaban J connectivity index is 1.66. The Hall–Kier alpha value is -2.31. The van der Waals surface area contributed by atoms with Crippen molar-refractivity contribution < 1.29 is 0 Å². The normalized spacial score (nSPS) is 13.8. The van der Waals surface area contributed by atoms with Crippen LogP contribution in [-0.4, -0.2) is 27.8 Å². The molecule has 30 heavy (non-hydrogen) atoms. The molecule has 0 saturated heterocycles. The van der Waals surface area contributed by atoms with E-state index in [1.54, 1.807) is 18.0 Å². The second-order valence-corrected chi connectivity index (χ2v) is 9.60. The van der Waals surface area contributed by atoms with Crippen molar-refractivity contribution in [2.24, 2.45) is 0 Å². The van der Waals surface area contributed by atoms with Crippen molar-refractivity contribution in [2.75, 3.05) is 23.0 Å². The smallest absolute Gasteiger partial charge is 0.189 e. The number of nitrogens with one attached hydrogen (secondary N) is 1. The molecule has 3 heterocycles. The van der Waals surface area contributed by atoms with Crippen LogP contribution in [0.25, 0.3) is 0 Å². The van der Waals surface area contributed by atoms with E-state index in [0.29, 0.717) is 11.6 Å². The zero-order chi connectivity index (χ0) is 21.3. The molecule has 0 fully saturated rings. The van der Waals surface area contributed by atoms with Gasteiger partial charge in [-0.05, 0) is 41.5 Å². The van der Waals surface area contributed by atoms with Gasteiger partial charge < -0.3 is 10.2 Å². The van der Waals surface area contributed by atoms with Gasteiger partial charge in [-0.25, -0.2) is 15.0 Å². The average Bonchev–Trinajstić information content (AvgIpc) is 2.73. The molecule has 1 aromatic carbocycles. The van der Waals surface area contributed by atoms with E-state index >= 15 is 0 Å². The van der Waals surface area contributed by atoms with Gasteiger partial charge in [-0.2, -0.15) is 0 Å². The van der Waals surface area contributed by atoms with Gasteiger partial charge in [0.25, 0.3) is 0 Å². The summed E-state index contributed by atoms with van der Waals surface area (Å²) in [5, 5.41) is 4.97. The number of rotatable bonds is 4. The molecule has 0 atom stereocenters. The monoisotopic (exact) mass is 439 g/mol. The van der Waals surface area contributed by atoms with E-state index in [4.69, 9.17) is 21.6 Å². The van der Waals surface area contributed by atoms with Crippen LogP contribution in [0.4, 0.5) is 17.3 Å². The van der Waals surface area contributed by atoms with Gasteiger partial charge in [0.05, 0.1) is 10.7 Å². The third-order valence-electron chi connectivity index (χ3n) is 5.27. The molecule has 2 aromatic heterocycles. The Labute approximate surface area is 187 Å². The number of fused-ring (bicyclic) bond motifs is 1. The maximum atomic E-state index is 6.40. The third kappa shape index (κ3) is 4.40. The van der Waals surface area contributed by atoms with Crippen LogP contribution < -0.4 is 10.2 Å². The van der Waals surface area contributed by atoms with Crippen LogP contribution in [0.5, 0.6) is 0 Å². The fourth-order valence-electron chi connectivity index (χ4n) is 3.57. The Morgan fingerprint density at radius 1 is 1.10 bits per heavy atom. The molecular formula is C23H26ClN5S. The summed E-state index contributed by atoms with van der Waals surface area (Å²) in [6.07, 6.45) is 4.61. The highest BCUT2D eigenvalue weighted by atomic mass is 35.5. The lowest BCUT2D eigenvalue weighted by Crippen LogP contribution is -2.32. The van der Waals surface area contributed by atoms with Gasteiger partial charge >= 0.3 is 0 Å². The van der Waals surface area contributed by atoms with E-state index < -0.39 is 0 Å². The van der Waals surface area contributed by atoms with Gasteiger partial charge in [0, 0.05) is 37.0 Å². The number of halogens is 1. The first-order chi connectivity index (χ1) is 14.3. The second kappa shape index (κ2) is 8.44. The first-order valence-corrected chi connectivity index (χ1v) is 11.6. The van der Waals surface area contributed by atoms with E-state index in [1.807, 2.05) is 18.4 Å². The van der Waals surface area contributed by atoms with Crippen molar-refractivity contribution in [3.05, 3.63) is 64.4 Å². The maximum Gasteiger partial charge on any atom is 0.189 e. The summed E-state index contributed by atoms with van der Waals surface area (Å²) in [4.78, 5) is 16.2. The van der Waals surface area contributed by atoms with Crippen molar-refractivity contribution in [1.82, 2.24) is 15.0 Å². The molecule has 3 aromatic rings. The fourth-order valence-corrected chi connectivity index (χ4v) is 4.19. The summed E-state index contributed by atoms with van der Waals surface area (Å²) in [5.41, 5.74) is 4.63. The van der Waals surface area contributed by atoms with E-state index in [-0.39, 0.29) is 5.41 Å². The van der Waals surface area contributed by atoms with Crippen LogP contribution >= 0.6 is 23.4 Å². The Morgan fingerprint density at radius 3 is 2.53 bits per heavy atom. The topological polar surface area (TPSA) is 53.9 Å². The molecule has 7 heteroatoms. The predicted molar refractivity (Wildman–Crippen MR) is 126 cm³/mol. The predicted octanol–water partition coefficient (Wildman–Crippen LogP) is 5.85. The van der Waals surface area contributed by atoms with E-state index in [9.17, 15) is 0 Å². The number of nitrogens with zero attached hydrogens (tertiary/aromatic N) is 4. The minimum absolute atomic E-state index is 0.126. The van der Waals surface area contributed by atoms with Crippen LogP contribution in [0.3, 0.4) is 0 Å². The number of hydrogen-bond acceptors (Lipinski definition) is 6. The first-order valence-electron chi connectivity index (χ1n) is 10.0. The maximum absolute atomic E-state index is 6.40. The number of aromatic nitrogens is 3. The largest absolute Gasteiger partial charge is 0.350 e. The molecule has 5 nitrogen and oxygen atoms in total. The highest BCUT2D eigenvalue weighted by molar-refractivity contribution is 7.98. The molecule has 0 radical (unpaired) electrons. The molecule has 0 spiro atoms. The van der Waals surface area contributed by atoms with Crippen LogP contribution in [0.1, 0.15) is 37.6 Å². The molecule has 156 valence electrons. The van der Waals surface area contributed by atoms with Gasteiger partial charge in [-0.3, -0.25) is 0 Å². The summed E-state index contributed by atoms with van der Waals surface area (Å²) >= 11 is 7.96. The summed E-state index contributed by atoms with van der Waals surface area (Å²) in [6.45, 7) is 8.16. The highest BCUT2D eigenvalue weighted by Gasteiger charge is 2.25. The van der Waals surface area contributed by atoms with Gasteiger partial charge in [-0.1, -0.05) is 56.3 Å². The average molecular weight is 440 g/mol. The number of benzene rings is 1. The summed E-state index contributed by atoms with van der Waals surface area (Å²) in [5.74, 6) is 1.66. The highest BCUT2D eigenvalue weighted by Crippen LogP contribution is 2.33. The Morgan fingerprint density at radius 2 is 1.87 bits per heavy atom. The zero-order valence-corrected chi connectivity index (χ0v) is 19.3. The van der Waals surface area contributed by atoms with Gasteiger partial charge in [0.1, 0.15) is 11.6 Å². The number of thioether (sulfide) groups is 1. The van der Waals surface area contributed by atoms with Crippen LogP contribution in [-0.2, 0) is 18.4 Å². The lowest BCUT2D eigenvalue weighted by Gasteiger charge is -2.31. The van der Waals surface area contributed by atoms with Crippen molar-refractivity contribution in [1.29, 1.82) is 0 Å².